The summed E-state index contributed by atoms with van der Waals surface area (Å²) < 4.78 is 42.8. The van der Waals surface area contributed by atoms with Gasteiger partial charge in [-0.25, -0.2) is 0 Å². The fourth-order valence-corrected chi connectivity index (χ4v) is 2.50. The maximum atomic E-state index is 12.5. The van der Waals surface area contributed by atoms with Crippen LogP contribution in [-0.2, 0) is 4.74 Å². The molecule has 108 valence electrons. The molecular formula is C13H24F3NO. The standard InChI is InChI=1S/C13H24F3NO/c1-9(2)12(8-18-3)17-11-6-4-10(5-7-11)13(14,15)16/h9-12,17H,4-8H2,1-3H3. The molecule has 1 aliphatic rings. The summed E-state index contributed by atoms with van der Waals surface area (Å²) in [6, 6.07) is 0.425. The minimum Gasteiger partial charge on any atom is -0.383 e. The van der Waals surface area contributed by atoms with E-state index in [4.69, 9.17) is 4.74 Å². The lowest BCUT2D eigenvalue weighted by molar-refractivity contribution is -0.182. The highest BCUT2D eigenvalue weighted by Gasteiger charge is 2.41. The quantitative estimate of drug-likeness (QED) is 0.824. The Bertz CT molecular complexity index is 235. The SMILES string of the molecule is COCC(NC1CCC(C(F)(F)F)CC1)C(C)C. The molecule has 0 saturated heterocycles. The summed E-state index contributed by atoms with van der Waals surface area (Å²) in [5.74, 6) is -0.680. The van der Waals surface area contributed by atoms with Gasteiger partial charge in [0.25, 0.3) is 0 Å². The summed E-state index contributed by atoms with van der Waals surface area (Å²) in [6.45, 7) is 4.80. The molecule has 0 aromatic heterocycles. The van der Waals surface area contributed by atoms with E-state index >= 15 is 0 Å². The van der Waals surface area contributed by atoms with Crippen LogP contribution >= 0.6 is 0 Å². The topological polar surface area (TPSA) is 21.3 Å². The van der Waals surface area contributed by atoms with Gasteiger partial charge in [-0.05, 0) is 31.6 Å². The van der Waals surface area contributed by atoms with Crippen LogP contribution in [-0.4, -0.2) is 32.0 Å². The molecular weight excluding hydrogens is 243 g/mol. The summed E-state index contributed by atoms with van der Waals surface area (Å²) in [6.07, 6.45) is -2.30. The predicted molar refractivity (Wildman–Crippen MR) is 65.4 cm³/mol. The zero-order valence-corrected chi connectivity index (χ0v) is 11.4. The Morgan fingerprint density at radius 1 is 1.17 bits per heavy atom. The maximum Gasteiger partial charge on any atom is 0.391 e. The molecule has 1 rings (SSSR count). The number of hydrogen-bond acceptors (Lipinski definition) is 2. The van der Waals surface area contributed by atoms with Crippen molar-refractivity contribution < 1.29 is 17.9 Å². The van der Waals surface area contributed by atoms with Crippen molar-refractivity contribution in [3.05, 3.63) is 0 Å². The lowest BCUT2D eigenvalue weighted by Gasteiger charge is -2.34. The van der Waals surface area contributed by atoms with E-state index in [1.807, 2.05) is 0 Å². The summed E-state index contributed by atoms with van der Waals surface area (Å²) in [7, 11) is 1.65. The highest BCUT2D eigenvalue weighted by Crippen LogP contribution is 2.37. The van der Waals surface area contributed by atoms with Gasteiger partial charge in [-0.15, -0.1) is 0 Å². The van der Waals surface area contributed by atoms with Crippen molar-refractivity contribution in [2.75, 3.05) is 13.7 Å². The van der Waals surface area contributed by atoms with E-state index < -0.39 is 12.1 Å². The second kappa shape index (κ2) is 6.75. The van der Waals surface area contributed by atoms with Crippen LogP contribution in [0.15, 0.2) is 0 Å². The molecule has 0 aromatic carbocycles. The Hall–Kier alpha value is -0.290. The van der Waals surface area contributed by atoms with Gasteiger partial charge in [-0.1, -0.05) is 13.8 Å². The predicted octanol–water partition coefficient (Wildman–Crippen LogP) is 3.37. The number of nitrogens with one attached hydrogen (secondary N) is 1. The zero-order valence-electron chi connectivity index (χ0n) is 11.4. The first-order valence-corrected chi connectivity index (χ1v) is 6.66. The van der Waals surface area contributed by atoms with Crippen molar-refractivity contribution in [3.63, 3.8) is 0 Å². The van der Waals surface area contributed by atoms with Crippen LogP contribution in [0.5, 0.6) is 0 Å². The van der Waals surface area contributed by atoms with E-state index in [0.29, 0.717) is 25.4 Å². The van der Waals surface area contributed by atoms with Crippen LogP contribution in [0.3, 0.4) is 0 Å². The Labute approximate surface area is 107 Å². The molecule has 18 heavy (non-hydrogen) atoms. The molecule has 0 bridgehead atoms. The summed E-state index contributed by atoms with van der Waals surface area (Å²) in [4.78, 5) is 0. The molecule has 2 nitrogen and oxygen atoms in total. The van der Waals surface area contributed by atoms with Crippen LogP contribution in [0.1, 0.15) is 39.5 Å². The third-order valence-electron chi connectivity index (χ3n) is 3.79. The Kier molecular flexibility index (Phi) is 5.92. The Morgan fingerprint density at radius 3 is 2.11 bits per heavy atom. The molecule has 0 radical (unpaired) electrons. The monoisotopic (exact) mass is 267 g/mol. The second-order valence-corrected chi connectivity index (χ2v) is 5.56. The first-order chi connectivity index (χ1) is 8.34. The third kappa shape index (κ3) is 4.76. The van der Waals surface area contributed by atoms with Crippen LogP contribution < -0.4 is 5.32 Å². The van der Waals surface area contributed by atoms with Gasteiger partial charge in [0.2, 0.25) is 0 Å². The van der Waals surface area contributed by atoms with Crippen molar-refractivity contribution in [2.24, 2.45) is 11.8 Å². The first kappa shape index (κ1) is 15.8. The molecule has 0 spiro atoms. The van der Waals surface area contributed by atoms with Crippen molar-refractivity contribution in [1.29, 1.82) is 0 Å². The van der Waals surface area contributed by atoms with Gasteiger partial charge in [0.1, 0.15) is 0 Å². The second-order valence-electron chi connectivity index (χ2n) is 5.56. The molecule has 0 amide bonds. The molecule has 0 heterocycles. The smallest absolute Gasteiger partial charge is 0.383 e. The average Bonchev–Trinajstić information content (AvgIpc) is 2.28. The van der Waals surface area contributed by atoms with Gasteiger partial charge in [0, 0.05) is 19.2 Å². The van der Waals surface area contributed by atoms with Crippen molar-refractivity contribution in [2.45, 2.75) is 57.8 Å². The molecule has 0 aliphatic heterocycles. The molecule has 0 aromatic rings. The highest BCUT2D eigenvalue weighted by atomic mass is 19.4. The summed E-state index contributed by atoms with van der Waals surface area (Å²) >= 11 is 0. The highest BCUT2D eigenvalue weighted by molar-refractivity contribution is 4.83. The van der Waals surface area contributed by atoms with Gasteiger partial charge < -0.3 is 10.1 Å². The van der Waals surface area contributed by atoms with Gasteiger partial charge in [-0.2, -0.15) is 13.2 Å². The van der Waals surface area contributed by atoms with Gasteiger partial charge in [0.05, 0.1) is 12.5 Å². The largest absolute Gasteiger partial charge is 0.391 e. The number of rotatable bonds is 5. The molecule has 1 aliphatic carbocycles. The van der Waals surface area contributed by atoms with Gasteiger partial charge >= 0.3 is 6.18 Å². The lowest BCUT2D eigenvalue weighted by Crippen LogP contribution is -2.46. The van der Waals surface area contributed by atoms with E-state index in [1.54, 1.807) is 7.11 Å². The molecule has 5 heteroatoms. The van der Waals surface area contributed by atoms with E-state index in [9.17, 15) is 13.2 Å². The number of alkyl halides is 3. The summed E-state index contributed by atoms with van der Waals surface area (Å²) in [5, 5.41) is 3.44. The molecule has 1 N–H and O–H groups in total. The first-order valence-electron chi connectivity index (χ1n) is 6.66. The molecule has 1 fully saturated rings. The number of halogens is 3. The number of hydrogen-bond donors (Lipinski definition) is 1. The van der Waals surface area contributed by atoms with Crippen molar-refractivity contribution >= 4 is 0 Å². The lowest BCUT2D eigenvalue weighted by atomic mass is 9.85. The average molecular weight is 267 g/mol. The van der Waals surface area contributed by atoms with E-state index in [2.05, 4.69) is 19.2 Å². The number of ether oxygens (including phenoxy) is 1. The number of methoxy groups -OCH3 is 1. The molecule has 1 saturated carbocycles. The fourth-order valence-electron chi connectivity index (χ4n) is 2.50. The summed E-state index contributed by atoms with van der Waals surface area (Å²) in [5.41, 5.74) is 0. The maximum absolute atomic E-state index is 12.5. The van der Waals surface area contributed by atoms with Crippen LogP contribution in [0, 0.1) is 11.8 Å². The van der Waals surface area contributed by atoms with E-state index in [-0.39, 0.29) is 24.9 Å². The Balaban J connectivity index is 2.38. The van der Waals surface area contributed by atoms with Crippen LogP contribution in [0.25, 0.3) is 0 Å². The van der Waals surface area contributed by atoms with Crippen molar-refractivity contribution in [1.82, 2.24) is 5.32 Å². The fraction of sp³-hybridized carbons (Fsp3) is 1.00. The van der Waals surface area contributed by atoms with E-state index in [1.165, 1.54) is 0 Å². The van der Waals surface area contributed by atoms with Gasteiger partial charge in [-0.3, -0.25) is 0 Å². The molecule has 1 atom stereocenters. The van der Waals surface area contributed by atoms with Crippen LogP contribution in [0.4, 0.5) is 13.2 Å². The Morgan fingerprint density at radius 2 is 1.72 bits per heavy atom. The zero-order chi connectivity index (χ0) is 13.8. The van der Waals surface area contributed by atoms with Crippen molar-refractivity contribution in [3.8, 4) is 0 Å². The normalized spacial score (nSPS) is 27.5. The van der Waals surface area contributed by atoms with Crippen LogP contribution in [0.2, 0.25) is 0 Å². The molecule has 1 unspecified atom stereocenters. The minimum atomic E-state index is -4.02. The van der Waals surface area contributed by atoms with E-state index in [0.717, 1.165) is 0 Å². The minimum absolute atomic E-state index is 0.200. The third-order valence-corrected chi connectivity index (χ3v) is 3.79. The van der Waals surface area contributed by atoms with Gasteiger partial charge in [0.15, 0.2) is 0 Å².